The van der Waals surface area contributed by atoms with Gasteiger partial charge in [0.1, 0.15) is 22.9 Å². The number of benzene rings is 1. The summed E-state index contributed by atoms with van der Waals surface area (Å²) in [5, 5.41) is 0. The molecule has 0 spiro atoms. The first-order chi connectivity index (χ1) is 16.6. The third-order valence-corrected chi connectivity index (χ3v) is 6.19. The molecule has 1 aliphatic heterocycles. The van der Waals surface area contributed by atoms with Crippen molar-refractivity contribution < 1.29 is 22.4 Å². The number of carbonyl (C=O) groups is 1. The molecule has 10 heteroatoms. The summed E-state index contributed by atoms with van der Waals surface area (Å²) in [4.78, 5) is 32.0. The standard InChI is InChI=1S/C25H21F3N4O3/c1-15-13-30(14-29-15)19-7-8-20-24(34)31(11-12-32(20)23(19)33)16(2)21-9-10-22(35-21)17-3-5-18(6-4-17)25(26,27)28/h3-10,13-14,16H,11-12H2,1-2H3/t16-/m0/s1. The van der Waals surface area contributed by atoms with Gasteiger partial charge in [-0.15, -0.1) is 0 Å². The average Bonchev–Trinajstić information content (AvgIpc) is 3.49. The van der Waals surface area contributed by atoms with Crippen molar-refractivity contribution in [1.82, 2.24) is 19.0 Å². The number of hydrogen-bond acceptors (Lipinski definition) is 4. The highest BCUT2D eigenvalue weighted by molar-refractivity contribution is 5.93. The number of imidazole rings is 1. The number of alkyl halides is 3. The second kappa shape index (κ2) is 8.30. The van der Waals surface area contributed by atoms with Crippen molar-refractivity contribution in [2.24, 2.45) is 0 Å². The molecule has 0 unspecified atom stereocenters. The van der Waals surface area contributed by atoms with Gasteiger partial charge in [-0.3, -0.25) is 9.59 Å². The van der Waals surface area contributed by atoms with Crippen LogP contribution in [0.5, 0.6) is 0 Å². The molecule has 1 aromatic carbocycles. The van der Waals surface area contributed by atoms with Gasteiger partial charge < -0.3 is 18.5 Å². The Bertz CT molecular complexity index is 1460. The van der Waals surface area contributed by atoms with E-state index in [1.807, 2.05) is 13.8 Å². The second-order valence-corrected chi connectivity index (χ2v) is 8.43. The van der Waals surface area contributed by atoms with Gasteiger partial charge in [0.2, 0.25) is 0 Å². The molecule has 35 heavy (non-hydrogen) atoms. The maximum absolute atomic E-state index is 13.2. The Labute approximate surface area is 198 Å². The number of aromatic nitrogens is 3. The number of rotatable bonds is 4. The van der Waals surface area contributed by atoms with Crippen molar-refractivity contribution >= 4 is 5.91 Å². The number of fused-ring (bicyclic) bond motifs is 1. The van der Waals surface area contributed by atoms with E-state index in [0.717, 1.165) is 17.8 Å². The summed E-state index contributed by atoms with van der Waals surface area (Å²) in [6.07, 6.45) is -1.11. The lowest BCUT2D eigenvalue weighted by atomic mass is 10.1. The molecular formula is C25H21F3N4O3. The Morgan fingerprint density at radius 2 is 1.74 bits per heavy atom. The number of amides is 1. The Kier molecular flexibility index (Phi) is 5.38. The molecule has 180 valence electrons. The van der Waals surface area contributed by atoms with Gasteiger partial charge >= 0.3 is 6.18 Å². The SMILES string of the molecule is Cc1cn(-c2ccc3n(c2=O)CCN([C@@H](C)c2ccc(-c4ccc(C(F)(F)F)cc4)o2)C3=O)cn1. The summed E-state index contributed by atoms with van der Waals surface area (Å²) in [5.41, 5.74) is 0.959. The maximum Gasteiger partial charge on any atom is 0.416 e. The summed E-state index contributed by atoms with van der Waals surface area (Å²) in [6.45, 7) is 4.25. The van der Waals surface area contributed by atoms with Gasteiger partial charge in [0.15, 0.2) is 0 Å². The minimum Gasteiger partial charge on any atom is -0.459 e. The number of carbonyl (C=O) groups excluding carboxylic acids is 1. The Morgan fingerprint density at radius 3 is 2.40 bits per heavy atom. The lowest BCUT2D eigenvalue weighted by Gasteiger charge is -2.33. The summed E-state index contributed by atoms with van der Waals surface area (Å²) < 4.78 is 47.5. The topological polar surface area (TPSA) is 73.3 Å². The summed E-state index contributed by atoms with van der Waals surface area (Å²) in [5.74, 6) is 0.596. The van der Waals surface area contributed by atoms with Crippen LogP contribution in [-0.4, -0.2) is 31.5 Å². The van der Waals surface area contributed by atoms with E-state index in [4.69, 9.17) is 4.42 Å². The minimum atomic E-state index is -4.41. The monoisotopic (exact) mass is 482 g/mol. The van der Waals surface area contributed by atoms with Crippen LogP contribution in [0.4, 0.5) is 13.2 Å². The fourth-order valence-corrected chi connectivity index (χ4v) is 4.26. The number of pyridine rings is 1. The van der Waals surface area contributed by atoms with Crippen LogP contribution in [0.2, 0.25) is 0 Å². The zero-order valence-corrected chi connectivity index (χ0v) is 18.9. The van der Waals surface area contributed by atoms with Gasteiger partial charge in [0.05, 0.1) is 23.6 Å². The predicted octanol–water partition coefficient (Wildman–Crippen LogP) is 4.84. The van der Waals surface area contributed by atoms with Crippen molar-refractivity contribution in [3.8, 4) is 17.0 Å². The summed E-state index contributed by atoms with van der Waals surface area (Å²) in [7, 11) is 0. The molecule has 0 bridgehead atoms. The van der Waals surface area contributed by atoms with Crippen LogP contribution in [0.3, 0.4) is 0 Å². The molecule has 0 saturated heterocycles. The van der Waals surface area contributed by atoms with E-state index >= 15 is 0 Å². The Balaban J connectivity index is 1.38. The molecule has 1 atom stereocenters. The van der Waals surface area contributed by atoms with Gasteiger partial charge in [-0.25, -0.2) is 4.98 Å². The molecule has 7 nitrogen and oxygen atoms in total. The number of nitrogens with zero attached hydrogens (tertiary/aromatic N) is 4. The van der Waals surface area contributed by atoms with Crippen molar-refractivity contribution in [2.45, 2.75) is 32.6 Å². The maximum atomic E-state index is 13.2. The first kappa shape index (κ1) is 22.7. The summed E-state index contributed by atoms with van der Waals surface area (Å²) >= 11 is 0. The molecule has 1 aliphatic rings. The molecule has 3 aromatic heterocycles. The second-order valence-electron chi connectivity index (χ2n) is 8.43. The first-order valence-corrected chi connectivity index (χ1v) is 11.0. The Morgan fingerprint density at radius 1 is 1.00 bits per heavy atom. The lowest BCUT2D eigenvalue weighted by Crippen LogP contribution is -2.45. The highest BCUT2D eigenvalue weighted by Crippen LogP contribution is 2.33. The van der Waals surface area contributed by atoms with E-state index in [-0.39, 0.29) is 17.2 Å². The molecule has 0 aliphatic carbocycles. The minimum absolute atomic E-state index is 0.275. The fourth-order valence-electron chi connectivity index (χ4n) is 4.26. The fraction of sp³-hybridized carbons (Fsp3) is 0.240. The van der Waals surface area contributed by atoms with Crippen LogP contribution in [0.25, 0.3) is 17.0 Å². The van der Waals surface area contributed by atoms with Crippen LogP contribution in [-0.2, 0) is 12.7 Å². The van der Waals surface area contributed by atoms with Crippen LogP contribution in [0.1, 0.15) is 40.5 Å². The normalized spacial score (nSPS) is 14.8. The predicted molar refractivity (Wildman–Crippen MR) is 121 cm³/mol. The molecule has 5 rings (SSSR count). The van der Waals surface area contributed by atoms with Crippen LogP contribution in [0.15, 0.2) is 70.3 Å². The molecule has 4 heterocycles. The quantitative estimate of drug-likeness (QED) is 0.417. The van der Waals surface area contributed by atoms with Crippen molar-refractivity contribution in [2.75, 3.05) is 6.54 Å². The number of hydrogen-bond donors (Lipinski definition) is 0. The zero-order chi connectivity index (χ0) is 24.9. The van der Waals surface area contributed by atoms with E-state index in [2.05, 4.69) is 4.98 Å². The number of aryl methyl sites for hydroxylation is 1. The molecule has 0 saturated carbocycles. The van der Waals surface area contributed by atoms with Gasteiger partial charge in [-0.05, 0) is 50.2 Å². The smallest absolute Gasteiger partial charge is 0.416 e. The van der Waals surface area contributed by atoms with Gasteiger partial charge in [0, 0.05) is 24.8 Å². The third-order valence-electron chi connectivity index (χ3n) is 6.19. The highest BCUT2D eigenvalue weighted by atomic mass is 19.4. The van der Waals surface area contributed by atoms with E-state index in [1.165, 1.54) is 16.7 Å². The molecule has 0 N–H and O–H groups in total. The molecule has 0 radical (unpaired) electrons. The van der Waals surface area contributed by atoms with Gasteiger partial charge in [-0.2, -0.15) is 13.2 Å². The average molecular weight is 482 g/mol. The van der Waals surface area contributed by atoms with E-state index < -0.39 is 17.8 Å². The van der Waals surface area contributed by atoms with Crippen molar-refractivity contribution in [1.29, 1.82) is 0 Å². The molecular weight excluding hydrogens is 461 g/mol. The van der Waals surface area contributed by atoms with Gasteiger partial charge in [-0.1, -0.05) is 12.1 Å². The van der Waals surface area contributed by atoms with E-state index in [1.54, 1.807) is 46.3 Å². The zero-order valence-electron chi connectivity index (χ0n) is 18.9. The summed E-state index contributed by atoms with van der Waals surface area (Å²) in [6, 6.07) is 10.9. The van der Waals surface area contributed by atoms with Crippen molar-refractivity contribution in [3.05, 3.63) is 94.1 Å². The number of furan rings is 1. The Hall–Kier alpha value is -4.08. The number of halogens is 3. The van der Waals surface area contributed by atoms with Crippen molar-refractivity contribution in [3.63, 3.8) is 0 Å². The molecule has 1 amide bonds. The molecule has 4 aromatic rings. The van der Waals surface area contributed by atoms with Crippen LogP contribution in [0, 0.1) is 6.92 Å². The highest BCUT2D eigenvalue weighted by Gasteiger charge is 2.32. The third kappa shape index (κ3) is 4.05. The van der Waals surface area contributed by atoms with Crippen LogP contribution >= 0.6 is 0 Å². The van der Waals surface area contributed by atoms with E-state index in [9.17, 15) is 22.8 Å². The van der Waals surface area contributed by atoms with Crippen LogP contribution < -0.4 is 5.56 Å². The molecule has 0 fully saturated rings. The van der Waals surface area contributed by atoms with Gasteiger partial charge in [0.25, 0.3) is 11.5 Å². The van der Waals surface area contributed by atoms with E-state index in [0.29, 0.717) is 35.9 Å². The largest absolute Gasteiger partial charge is 0.459 e. The lowest BCUT2D eigenvalue weighted by molar-refractivity contribution is -0.137. The first-order valence-electron chi connectivity index (χ1n) is 11.0.